The van der Waals surface area contributed by atoms with E-state index in [1.807, 2.05) is 18.2 Å². The molecule has 0 N–H and O–H groups in total. The van der Waals surface area contributed by atoms with E-state index in [9.17, 15) is 8.42 Å². The molecule has 0 bridgehead atoms. The maximum absolute atomic E-state index is 11.7. The van der Waals surface area contributed by atoms with Gasteiger partial charge in [0.2, 0.25) is 10.0 Å². The molecule has 0 unspecified atom stereocenters. The average molecular weight is 305 g/mol. The third-order valence-corrected chi connectivity index (χ3v) is 5.17. The van der Waals surface area contributed by atoms with Crippen molar-refractivity contribution in [1.29, 1.82) is 0 Å². The fourth-order valence-electron chi connectivity index (χ4n) is 2.83. The monoisotopic (exact) mass is 305 g/mol. The van der Waals surface area contributed by atoms with Crippen LogP contribution in [-0.2, 0) is 21.2 Å². The van der Waals surface area contributed by atoms with E-state index in [-0.39, 0.29) is 6.10 Å². The number of morpholine rings is 1. The van der Waals surface area contributed by atoms with Gasteiger partial charge in [0.25, 0.3) is 0 Å². The van der Waals surface area contributed by atoms with E-state index in [0.717, 1.165) is 6.42 Å². The van der Waals surface area contributed by atoms with Gasteiger partial charge < -0.3 is 4.74 Å². The van der Waals surface area contributed by atoms with Crippen molar-refractivity contribution in [3.8, 4) is 0 Å². The fourth-order valence-corrected chi connectivity index (χ4v) is 3.68. The van der Waals surface area contributed by atoms with Gasteiger partial charge in [0, 0.05) is 19.5 Å². The van der Waals surface area contributed by atoms with Gasteiger partial charge in [0.05, 0.1) is 19.0 Å². The second kappa shape index (κ2) is 5.75. The Bertz CT molecular complexity index is 737. The van der Waals surface area contributed by atoms with Crippen LogP contribution in [0.4, 0.5) is 0 Å². The molecule has 1 heterocycles. The van der Waals surface area contributed by atoms with Gasteiger partial charge in [-0.25, -0.2) is 8.42 Å². The number of benzene rings is 2. The lowest BCUT2D eigenvalue weighted by Gasteiger charge is -2.31. The number of ether oxygens (including phenoxy) is 1. The van der Waals surface area contributed by atoms with Crippen molar-refractivity contribution in [2.75, 3.05) is 26.0 Å². The summed E-state index contributed by atoms with van der Waals surface area (Å²) in [6.45, 7) is 1.34. The Hall–Kier alpha value is -1.43. The molecule has 0 saturated carbocycles. The van der Waals surface area contributed by atoms with Gasteiger partial charge in [-0.1, -0.05) is 42.5 Å². The molecule has 1 saturated heterocycles. The normalized spacial score (nSPS) is 20.7. The lowest BCUT2D eigenvalue weighted by Crippen LogP contribution is -2.45. The predicted octanol–water partition coefficient (Wildman–Crippen LogP) is 2.04. The molecule has 3 rings (SSSR count). The Morgan fingerprint density at radius 3 is 2.76 bits per heavy atom. The molecule has 1 atom stereocenters. The third-order valence-electron chi connectivity index (χ3n) is 3.90. The highest BCUT2D eigenvalue weighted by Crippen LogP contribution is 2.22. The molecule has 1 aliphatic rings. The van der Waals surface area contributed by atoms with Gasteiger partial charge in [0.1, 0.15) is 0 Å². The number of rotatable bonds is 3. The molecule has 2 aromatic carbocycles. The molecule has 0 aliphatic carbocycles. The first-order valence-electron chi connectivity index (χ1n) is 7.07. The summed E-state index contributed by atoms with van der Waals surface area (Å²) in [7, 11) is -3.14. The largest absolute Gasteiger partial charge is 0.375 e. The van der Waals surface area contributed by atoms with Crippen LogP contribution in [-0.4, -0.2) is 44.8 Å². The van der Waals surface area contributed by atoms with Crippen molar-refractivity contribution in [1.82, 2.24) is 4.31 Å². The molecular weight excluding hydrogens is 286 g/mol. The van der Waals surface area contributed by atoms with Crippen molar-refractivity contribution >= 4 is 20.8 Å². The van der Waals surface area contributed by atoms with Crippen LogP contribution in [0.2, 0.25) is 0 Å². The van der Waals surface area contributed by atoms with Crippen molar-refractivity contribution in [2.24, 2.45) is 0 Å². The van der Waals surface area contributed by atoms with Gasteiger partial charge in [-0.15, -0.1) is 0 Å². The Morgan fingerprint density at radius 1 is 1.19 bits per heavy atom. The summed E-state index contributed by atoms with van der Waals surface area (Å²) in [5, 5.41) is 2.41. The Morgan fingerprint density at radius 2 is 1.95 bits per heavy atom. The molecule has 0 radical (unpaired) electrons. The second-order valence-electron chi connectivity index (χ2n) is 5.46. The van der Waals surface area contributed by atoms with Crippen LogP contribution in [0, 0.1) is 0 Å². The third kappa shape index (κ3) is 3.26. The van der Waals surface area contributed by atoms with Crippen molar-refractivity contribution in [2.45, 2.75) is 12.5 Å². The van der Waals surface area contributed by atoms with Gasteiger partial charge in [-0.3, -0.25) is 0 Å². The summed E-state index contributed by atoms with van der Waals surface area (Å²) < 4.78 is 30.6. The summed E-state index contributed by atoms with van der Waals surface area (Å²) in [5.41, 5.74) is 1.20. The maximum Gasteiger partial charge on any atom is 0.211 e. The predicted molar refractivity (Wildman–Crippen MR) is 83.8 cm³/mol. The highest BCUT2D eigenvalue weighted by molar-refractivity contribution is 7.88. The fraction of sp³-hybridized carbons (Fsp3) is 0.375. The summed E-state index contributed by atoms with van der Waals surface area (Å²) in [4.78, 5) is 0. The molecule has 21 heavy (non-hydrogen) atoms. The van der Waals surface area contributed by atoms with Crippen LogP contribution in [0.15, 0.2) is 42.5 Å². The number of nitrogens with zero attached hydrogens (tertiary/aromatic N) is 1. The van der Waals surface area contributed by atoms with E-state index in [0.29, 0.717) is 19.7 Å². The zero-order valence-corrected chi connectivity index (χ0v) is 12.8. The SMILES string of the molecule is CS(=O)(=O)N1CCO[C@@H](Cc2cccc3ccccc23)C1. The zero-order valence-electron chi connectivity index (χ0n) is 12.0. The maximum atomic E-state index is 11.7. The first-order valence-corrected chi connectivity index (χ1v) is 8.92. The molecule has 0 spiro atoms. The van der Waals surface area contributed by atoms with Crippen LogP contribution in [0.3, 0.4) is 0 Å². The molecule has 4 nitrogen and oxygen atoms in total. The number of fused-ring (bicyclic) bond motifs is 1. The van der Waals surface area contributed by atoms with E-state index in [1.54, 1.807) is 0 Å². The minimum absolute atomic E-state index is 0.0840. The Kier molecular flexibility index (Phi) is 3.97. The second-order valence-corrected chi connectivity index (χ2v) is 7.44. The van der Waals surface area contributed by atoms with Crippen molar-refractivity contribution in [3.05, 3.63) is 48.0 Å². The highest BCUT2D eigenvalue weighted by Gasteiger charge is 2.26. The average Bonchev–Trinajstić information content (AvgIpc) is 2.47. The Balaban J connectivity index is 1.82. The van der Waals surface area contributed by atoms with Gasteiger partial charge >= 0.3 is 0 Å². The molecule has 5 heteroatoms. The van der Waals surface area contributed by atoms with Gasteiger partial charge in [-0.2, -0.15) is 4.31 Å². The van der Waals surface area contributed by atoms with Crippen LogP contribution in [0.5, 0.6) is 0 Å². The quantitative estimate of drug-likeness (QED) is 0.872. The van der Waals surface area contributed by atoms with Crippen LogP contribution < -0.4 is 0 Å². The first kappa shape index (κ1) is 14.5. The molecule has 0 amide bonds. The Labute approximate surface area is 125 Å². The summed E-state index contributed by atoms with van der Waals surface area (Å²) in [6.07, 6.45) is 1.90. The summed E-state index contributed by atoms with van der Waals surface area (Å²) >= 11 is 0. The highest BCUT2D eigenvalue weighted by atomic mass is 32.2. The standard InChI is InChI=1S/C16H19NO3S/c1-21(18,19)17-9-10-20-15(12-17)11-14-7-4-6-13-5-2-3-8-16(13)14/h2-8,15H,9-12H2,1H3/t15-/m0/s1. The molecule has 112 valence electrons. The van der Waals surface area contributed by atoms with Crippen LogP contribution in [0.1, 0.15) is 5.56 Å². The minimum Gasteiger partial charge on any atom is -0.375 e. The van der Waals surface area contributed by atoms with E-state index < -0.39 is 10.0 Å². The van der Waals surface area contributed by atoms with Crippen molar-refractivity contribution < 1.29 is 13.2 Å². The number of hydrogen-bond acceptors (Lipinski definition) is 3. The molecule has 1 fully saturated rings. The first-order chi connectivity index (χ1) is 10.0. The van der Waals surface area contributed by atoms with Gasteiger partial charge in [-0.05, 0) is 16.3 Å². The van der Waals surface area contributed by atoms with E-state index in [2.05, 4.69) is 24.3 Å². The summed E-state index contributed by atoms with van der Waals surface area (Å²) in [6, 6.07) is 14.4. The number of sulfonamides is 1. The minimum atomic E-state index is -3.14. The molecule has 1 aliphatic heterocycles. The zero-order chi connectivity index (χ0) is 14.9. The van der Waals surface area contributed by atoms with Crippen molar-refractivity contribution in [3.63, 3.8) is 0 Å². The summed E-state index contributed by atoms with van der Waals surface area (Å²) in [5.74, 6) is 0. The molecular formula is C16H19NO3S. The molecule has 2 aromatic rings. The molecule has 0 aromatic heterocycles. The lowest BCUT2D eigenvalue weighted by molar-refractivity contribution is -0.000118. The van der Waals surface area contributed by atoms with Crippen LogP contribution in [0.25, 0.3) is 10.8 Å². The van der Waals surface area contributed by atoms with E-state index >= 15 is 0 Å². The van der Waals surface area contributed by atoms with Gasteiger partial charge in [0.15, 0.2) is 0 Å². The number of hydrogen-bond donors (Lipinski definition) is 0. The van der Waals surface area contributed by atoms with E-state index in [4.69, 9.17) is 4.74 Å². The smallest absolute Gasteiger partial charge is 0.211 e. The lowest BCUT2D eigenvalue weighted by atomic mass is 9.99. The van der Waals surface area contributed by atoms with Crippen LogP contribution >= 0.6 is 0 Å². The topological polar surface area (TPSA) is 46.6 Å². The van der Waals surface area contributed by atoms with E-state index in [1.165, 1.54) is 26.9 Å².